The molecule has 1 unspecified atom stereocenters. The number of thiocarbonyl (C=S) groups is 1. The van der Waals surface area contributed by atoms with E-state index in [1.807, 2.05) is 0 Å². The van der Waals surface area contributed by atoms with Crippen LogP contribution in [-0.4, -0.2) is 30.6 Å². The molecule has 3 N–H and O–H groups in total. The van der Waals surface area contributed by atoms with Crippen LogP contribution >= 0.6 is 12.2 Å². The summed E-state index contributed by atoms with van der Waals surface area (Å²) in [5.74, 6) is -0.332. The second kappa shape index (κ2) is 8.02. The Morgan fingerprint density at radius 3 is 3.14 bits per heavy atom. The first-order chi connectivity index (χ1) is 10.1. The Hall–Kier alpha value is -1.57. The molecule has 1 fully saturated rings. The number of nitrogens with zero attached hydrogens (tertiary/aromatic N) is 1. The smallest absolute Gasteiger partial charge is 0.184 e. The molecule has 1 aromatic rings. The minimum absolute atomic E-state index is 0.0610. The van der Waals surface area contributed by atoms with Gasteiger partial charge < -0.3 is 15.2 Å². The lowest BCUT2D eigenvalue weighted by molar-refractivity contribution is 0.00982. The van der Waals surface area contributed by atoms with E-state index in [4.69, 9.17) is 15.2 Å². The van der Waals surface area contributed by atoms with Gasteiger partial charge in [-0.25, -0.2) is 4.39 Å². The molecule has 114 valence electrons. The van der Waals surface area contributed by atoms with Gasteiger partial charge in [0.2, 0.25) is 0 Å². The van der Waals surface area contributed by atoms with Gasteiger partial charge >= 0.3 is 0 Å². The van der Waals surface area contributed by atoms with E-state index in [-0.39, 0.29) is 23.6 Å². The Kier molecular flexibility index (Phi) is 6.04. The molecule has 1 heterocycles. The number of halogens is 1. The predicted molar refractivity (Wildman–Crippen MR) is 82.5 cm³/mol. The zero-order chi connectivity index (χ0) is 15.1. The second-order valence-corrected chi connectivity index (χ2v) is 5.18. The first-order valence-electron chi connectivity index (χ1n) is 6.71. The molecular formula is C14H18FN3O2S. The van der Waals surface area contributed by atoms with Gasteiger partial charge in [-0.1, -0.05) is 12.1 Å². The van der Waals surface area contributed by atoms with Gasteiger partial charge in [-0.3, -0.25) is 5.43 Å². The van der Waals surface area contributed by atoms with Crippen molar-refractivity contribution < 1.29 is 13.9 Å². The fraction of sp³-hybridized carbons (Fsp3) is 0.429. The standard InChI is InChI=1S/C14H18FN3O2S/c15-13-6-10(7-17-18-14(16)21)3-4-11(13)8-19-9-12-2-1-5-20-12/h3-4,6-7,12H,1-2,5,8-9H2,(H3,16,18,21). The molecule has 2 rings (SSSR count). The molecule has 0 amide bonds. The van der Waals surface area contributed by atoms with Crippen molar-refractivity contribution >= 4 is 23.5 Å². The van der Waals surface area contributed by atoms with Crippen molar-refractivity contribution in [3.8, 4) is 0 Å². The SMILES string of the molecule is NC(=S)NN=Cc1ccc(COCC2CCCO2)c(F)c1. The number of nitrogens with two attached hydrogens (primary N) is 1. The lowest BCUT2D eigenvalue weighted by atomic mass is 10.1. The van der Waals surface area contributed by atoms with Crippen LogP contribution in [0.2, 0.25) is 0 Å². The van der Waals surface area contributed by atoms with E-state index in [0.717, 1.165) is 19.4 Å². The minimum Gasteiger partial charge on any atom is -0.376 e. The van der Waals surface area contributed by atoms with E-state index < -0.39 is 0 Å². The number of hydrogen-bond donors (Lipinski definition) is 2. The van der Waals surface area contributed by atoms with Crippen LogP contribution in [0.5, 0.6) is 0 Å². The topological polar surface area (TPSA) is 68.9 Å². The van der Waals surface area contributed by atoms with Crippen molar-refractivity contribution in [2.24, 2.45) is 10.8 Å². The van der Waals surface area contributed by atoms with Crippen LogP contribution in [0, 0.1) is 5.82 Å². The highest BCUT2D eigenvalue weighted by Gasteiger charge is 2.15. The van der Waals surface area contributed by atoms with Gasteiger partial charge in [0.1, 0.15) is 5.82 Å². The monoisotopic (exact) mass is 311 g/mol. The van der Waals surface area contributed by atoms with Crippen molar-refractivity contribution in [2.45, 2.75) is 25.6 Å². The van der Waals surface area contributed by atoms with E-state index in [9.17, 15) is 4.39 Å². The third-order valence-electron chi connectivity index (χ3n) is 3.05. The molecule has 1 aliphatic rings. The molecule has 0 aromatic heterocycles. The number of nitrogens with one attached hydrogen (secondary N) is 1. The van der Waals surface area contributed by atoms with Crippen molar-refractivity contribution in [3.05, 3.63) is 35.1 Å². The van der Waals surface area contributed by atoms with E-state index in [0.29, 0.717) is 17.7 Å². The number of rotatable bonds is 6. The van der Waals surface area contributed by atoms with Gasteiger partial charge in [0, 0.05) is 12.2 Å². The Morgan fingerprint density at radius 2 is 2.48 bits per heavy atom. The highest BCUT2D eigenvalue weighted by atomic mass is 32.1. The third kappa shape index (κ3) is 5.37. The fourth-order valence-corrected chi connectivity index (χ4v) is 2.06. The zero-order valence-corrected chi connectivity index (χ0v) is 12.4. The maximum Gasteiger partial charge on any atom is 0.184 e. The Balaban J connectivity index is 1.83. The normalized spacial score (nSPS) is 18.2. The molecule has 0 aliphatic carbocycles. The molecule has 7 heteroatoms. The molecule has 1 aliphatic heterocycles. The molecule has 0 spiro atoms. The molecule has 21 heavy (non-hydrogen) atoms. The second-order valence-electron chi connectivity index (χ2n) is 4.74. The summed E-state index contributed by atoms with van der Waals surface area (Å²) < 4.78 is 24.8. The summed E-state index contributed by atoms with van der Waals surface area (Å²) in [6, 6.07) is 4.81. The summed E-state index contributed by atoms with van der Waals surface area (Å²) >= 11 is 4.60. The van der Waals surface area contributed by atoms with Crippen LogP contribution < -0.4 is 11.2 Å². The summed E-state index contributed by atoms with van der Waals surface area (Å²) in [4.78, 5) is 0. The molecule has 1 atom stereocenters. The summed E-state index contributed by atoms with van der Waals surface area (Å²) in [7, 11) is 0. The van der Waals surface area contributed by atoms with E-state index in [1.165, 1.54) is 12.3 Å². The average Bonchev–Trinajstić information content (AvgIpc) is 2.94. The number of hydrogen-bond acceptors (Lipinski definition) is 4. The molecule has 0 radical (unpaired) electrons. The van der Waals surface area contributed by atoms with E-state index >= 15 is 0 Å². The Bertz CT molecular complexity index is 519. The van der Waals surface area contributed by atoms with Crippen LogP contribution in [0.3, 0.4) is 0 Å². The lowest BCUT2D eigenvalue weighted by Gasteiger charge is -2.10. The number of benzene rings is 1. The van der Waals surface area contributed by atoms with Gasteiger partial charge in [-0.15, -0.1) is 0 Å². The fourth-order valence-electron chi connectivity index (χ4n) is 2.01. The quantitative estimate of drug-likeness (QED) is 0.475. The maximum atomic E-state index is 13.9. The van der Waals surface area contributed by atoms with Crippen molar-refractivity contribution in [1.82, 2.24) is 5.43 Å². The van der Waals surface area contributed by atoms with Crippen LogP contribution in [-0.2, 0) is 16.1 Å². The predicted octanol–water partition coefficient (Wildman–Crippen LogP) is 1.69. The summed E-state index contributed by atoms with van der Waals surface area (Å²) in [5.41, 5.74) is 8.75. The van der Waals surface area contributed by atoms with Gasteiger partial charge in [0.15, 0.2) is 5.11 Å². The maximum absolute atomic E-state index is 13.9. The molecule has 0 bridgehead atoms. The van der Waals surface area contributed by atoms with Gasteiger partial charge in [0.05, 0.1) is 25.5 Å². The lowest BCUT2D eigenvalue weighted by Crippen LogP contribution is -2.24. The third-order valence-corrected chi connectivity index (χ3v) is 3.14. The van der Waals surface area contributed by atoms with Gasteiger partial charge in [-0.2, -0.15) is 5.10 Å². The highest BCUT2D eigenvalue weighted by Crippen LogP contribution is 2.14. The van der Waals surface area contributed by atoms with Crippen molar-refractivity contribution in [1.29, 1.82) is 0 Å². The summed E-state index contributed by atoms with van der Waals surface area (Å²) in [6.07, 6.45) is 3.66. The van der Waals surface area contributed by atoms with E-state index in [2.05, 4.69) is 22.7 Å². The van der Waals surface area contributed by atoms with Crippen LogP contribution in [0.15, 0.2) is 23.3 Å². The Morgan fingerprint density at radius 1 is 1.62 bits per heavy atom. The number of ether oxygens (including phenoxy) is 2. The first-order valence-corrected chi connectivity index (χ1v) is 7.12. The van der Waals surface area contributed by atoms with Gasteiger partial charge in [-0.05, 0) is 36.7 Å². The zero-order valence-electron chi connectivity index (χ0n) is 11.5. The molecule has 1 saturated heterocycles. The van der Waals surface area contributed by atoms with Gasteiger partial charge in [0.25, 0.3) is 0 Å². The van der Waals surface area contributed by atoms with Crippen LogP contribution in [0.4, 0.5) is 4.39 Å². The van der Waals surface area contributed by atoms with Crippen LogP contribution in [0.1, 0.15) is 24.0 Å². The van der Waals surface area contributed by atoms with E-state index in [1.54, 1.807) is 12.1 Å². The minimum atomic E-state index is -0.332. The van der Waals surface area contributed by atoms with Crippen LogP contribution in [0.25, 0.3) is 0 Å². The Labute approximate surface area is 128 Å². The highest BCUT2D eigenvalue weighted by molar-refractivity contribution is 7.80. The molecular weight excluding hydrogens is 293 g/mol. The largest absolute Gasteiger partial charge is 0.376 e. The summed E-state index contributed by atoms with van der Waals surface area (Å²) in [6.45, 7) is 1.52. The van der Waals surface area contributed by atoms with Crippen molar-refractivity contribution in [3.63, 3.8) is 0 Å². The molecule has 0 saturated carbocycles. The average molecular weight is 311 g/mol. The molecule has 5 nitrogen and oxygen atoms in total. The summed E-state index contributed by atoms with van der Waals surface area (Å²) in [5, 5.41) is 3.83. The first kappa shape index (κ1) is 15.8. The number of hydrazone groups is 1. The molecule has 1 aromatic carbocycles. The van der Waals surface area contributed by atoms with Crippen molar-refractivity contribution in [2.75, 3.05) is 13.2 Å².